The first-order valence-corrected chi connectivity index (χ1v) is 1.50. The van der Waals surface area contributed by atoms with Crippen molar-refractivity contribution in [3.05, 3.63) is 7.43 Å². The van der Waals surface area contributed by atoms with Gasteiger partial charge in [0.15, 0.2) is 0 Å². The van der Waals surface area contributed by atoms with Crippen LogP contribution in [0.3, 0.4) is 0 Å². The first-order chi connectivity index (χ1) is 1.00. The third-order valence-electron chi connectivity index (χ3n) is 0. The smallest absolute Gasteiger partial charge is 0 e. The molecule has 0 aromatic rings. The van der Waals surface area contributed by atoms with E-state index in [1.54, 1.807) is 0 Å². The minimum absolute atomic E-state index is 0. The zero-order valence-corrected chi connectivity index (χ0v) is 8.18. The SMILES string of the molecule is [CH3-].[O]=[GaH].[Re]. The van der Waals surface area contributed by atoms with Gasteiger partial charge in [-0.25, -0.2) is 0 Å². The molecule has 0 unspecified atom stereocenters. The van der Waals surface area contributed by atoms with Crippen LogP contribution in [0, 0.1) is 7.43 Å². The van der Waals surface area contributed by atoms with E-state index in [0.717, 1.165) is 0 Å². The molecule has 0 spiro atoms. The van der Waals surface area contributed by atoms with E-state index >= 15 is 0 Å². The number of hydrogen-bond acceptors (Lipinski definition) is 1. The summed E-state index contributed by atoms with van der Waals surface area (Å²) in [5.74, 6) is 0. The van der Waals surface area contributed by atoms with Crippen LogP contribution in [0.25, 0.3) is 0 Å². The quantitative estimate of drug-likeness (QED) is 0.441. The van der Waals surface area contributed by atoms with Gasteiger partial charge in [0.05, 0.1) is 0 Å². The maximum atomic E-state index is 8.38. The maximum absolute atomic E-state index is 8.38. The Balaban J connectivity index is -0.00000000500. The van der Waals surface area contributed by atoms with E-state index in [9.17, 15) is 0 Å². The van der Waals surface area contributed by atoms with Crippen molar-refractivity contribution in [2.45, 2.75) is 0 Å². The number of hydrogen-bond donors (Lipinski definition) is 0. The molecule has 0 bridgehead atoms. The molecule has 1 radical (unpaired) electrons. The van der Waals surface area contributed by atoms with Gasteiger partial charge < -0.3 is 7.43 Å². The largest absolute Gasteiger partial charge is 0 e. The second-order valence-electron chi connectivity index (χ2n) is 0. The molecule has 0 saturated heterocycles. The van der Waals surface area contributed by atoms with Gasteiger partial charge in [-0.2, -0.15) is 0 Å². The molecule has 0 atom stereocenters. The molecule has 0 aliphatic heterocycles. The Morgan fingerprint density at radius 3 is 1.25 bits per heavy atom. The Morgan fingerprint density at radius 1 is 1.25 bits per heavy atom. The van der Waals surface area contributed by atoms with Crippen LogP contribution in [0.4, 0.5) is 0 Å². The van der Waals surface area contributed by atoms with E-state index in [2.05, 4.69) is 0 Å². The van der Waals surface area contributed by atoms with E-state index < -0.39 is 0 Å². The Labute approximate surface area is 50.0 Å². The molecule has 4 heavy (non-hydrogen) atoms. The molecule has 0 amide bonds. The predicted octanol–water partition coefficient (Wildman–Crippen LogP) is -0.320. The molecule has 3 heteroatoms. The summed E-state index contributed by atoms with van der Waals surface area (Å²) < 4.78 is 8.38. The molecular formula is CH4GaORe-. The van der Waals surface area contributed by atoms with Gasteiger partial charge in [0.25, 0.3) is 0 Å². The summed E-state index contributed by atoms with van der Waals surface area (Å²) in [5, 5.41) is 0. The van der Waals surface area contributed by atoms with E-state index in [4.69, 9.17) is 3.54 Å². The molecule has 25 valence electrons. The van der Waals surface area contributed by atoms with Gasteiger partial charge >= 0.3 is 22.1 Å². The van der Waals surface area contributed by atoms with Crippen molar-refractivity contribution in [2.75, 3.05) is 0 Å². The second kappa shape index (κ2) is 32.6. The fraction of sp³-hybridized carbons (Fsp3) is 0. The summed E-state index contributed by atoms with van der Waals surface area (Å²) in [6.07, 6.45) is 0. The van der Waals surface area contributed by atoms with Gasteiger partial charge in [0.2, 0.25) is 0 Å². The minimum Gasteiger partial charge on any atom is 0 e. The maximum Gasteiger partial charge on any atom is 0 e. The van der Waals surface area contributed by atoms with E-state index in [0.29, 0.717) is 0 Å². The molecule has 0 saturated carbocycles. The number of rotatable bonds is 0. The van der Waals surface area contributed by atoms with Crippen LogP contribution in [0.1, 0.15) is 0 Å². The molecule has 0 heterocycles. The van der Waals surface area contributed by atoms with Crippen LogP contribution in [0.2, 0.25) is 0 Å². The summed E-state index contributed by atoms with van der Waals surface area (Å²) in [5.41, 5.74) is 0. The molecule has 0 aromatic carbocycles. The van der Waals surface area contributed by atoms with Crippen LogP contribution in [0.15, 0.2) is 0 Å². The van der Waals surface area contributed by atoms with Gasteiger partial charge in [-0.3, -0.25) is 0 Å². The van der Waals surface area contributed by atoms with Gasteiger partial charge in [-0.15, -0.1) is 0 Å². The van der Waals surface area contributed by atoms with E-state index in [1.165, 1.54) is 0 Å². The fourth-order valence-corrected chi connectivity index (χ4v) is 0. The Kier molecular flexibility index (Phi) is 159. The van der Waals surface area contributed by atoms with Crippen molar-refractivity contribution in [3.8, 4) is 0 Å². The van der Waals surface area contributed by atoms with Gasteiger partial charge in [-0.1, -0.05) is 0 Å². The third kappa shape index (κ3) is 11.3. The van der Waals surface area contributed by atoms with Gasteiger partial charge in [-0.05, 0) is 0 Å². The Morgan fingerprint density at radius 2 is 1.25 bits per heavy atom. The van der Waals surface area contributed by atoms with Crippen molar-refractivity contribution >= 4 is 18.6 Å². The van der Waals surface area contributed by atoms with Crippen molar-refractivity contribution < 1.29 is 24.0 Å². The van der Waals surface area contributed by atoms with Crippen LogP contribution < -0.4 is 0 Å². The Bertz CT molecular complexity index is 8.00. The predicted molar refractivity (Wildman–Crippen MR) is 14.2 cm³/mol. The molecular weight excluding hydrogens is 284 g/mol. The van der Waals surface area contributed by atoms with Crippen LogP contribution >= 0.6 is 0 Å². The monoisotopic (exact) mass is 288 g/mol. The summed E-state index contributed by atoms with van der Waals surface area (Å²) in [7, 11) is 0. The van der Waals surface area contributed by atoms with Crippen molar-refractivity contribution in [2.24, 2.45) is 0 Å². The zero-order chi connectivity index (χ0) is 2.00. The standard InChI is InChI=1S/CH3.Ga.O.Re.H/h1H3;;;;/q-1;;;;. The molecule has 0 aliphatic rings. The molecule has 0 fully saturated rings. The van der Waals surface area contributed by atoms with Crippen molar-refractivity contribution in [3.63, 3.8) is 0 Å². The molecule has 0 aliphatic carbocycles. The minimum atomic E-state index is 0. The second-order valence-corrected chi connectivity index (χ2v) is 0. The average Bonchev–Trinajstić information content (AvgIpc) is 1.00. The topological polar surface area (TPSA) is 17.1 Å². The Hall–Kier alpha value is 1.10. The summed E-state index contributed by atoms with van der Waals surface area (Å²) >= 11 is 0.125. The molecule has 0 aromatic heterocycles. The first kappa shape index (κ1) is 19.4. The van der Waals surface area contributed by atoms with Crippen LogP contribution in [0.5, 0.6) is 0 Å². The van der Waals surface area contributed by atoms with E-state index in [1.807, 2.05) is 0 Å². The van der Waals surface area contributed by atoms with Crippen molar-refractivity contribution in [1.29, 1.82) is 0 Å². The molecule has 1 nitrogen and oxygen atoms in total. The average molecular weight is 288 g/mol. The third-order valence-corrected chi connectivity index (χ3v) is 0. The molecule has 0 N–H and O–H groups in total. The first-order valence-electron chi connectivity index (χ1n) is 0.289. The summed E-state index contributed by atoms with van der Waals surface area (Å²) in [6.45, 7) is 0. The summed E-state index contributed by atoms with van der Waals surface area (Å²) in [6, 6.07) is 0. The van der Waals surface area contributed by atoms with E-state index in [-0.39, 0.29) is 46.4 Å². The zero-order valence-electron chi connectivity index (χ0n) is 2.49. The van der Waals surface area contributed by atoms with Gasteiger partial charge in [0, 0.05) is 20.4 Å². The molecule has 0 rings (SSSR count). The van der Waals surface area contributed by atoms with Crippen LogP contribution in [-0.4, -0.2) is 18.6 Å². The summed E-state index contributed by atoms with van der Waals surface area (Å²) in [4.78, 5) is 0. The normalized spacial score (nSPS) is 0.750. The fourth-order valence-electron chi connectivity index (χ4n) is 0. The van der Waals surface area contributed by atoms with Crippen LogP contribution in [-0.2, 0) is 24.0 Å². The van der Waals surface area contributed by atoms with Crippen molar-refractivity contribution in [1.82, 2.24) is 0 Å². The van der Waals surface area contributed by atoms with Gasteiger partial charge in [0.1, 0.15) is 0 Å².